The second kappa shape index (κ2) is 8.73. The minimum atomic E-state index is -0.163. The smallest absolute Gasteiger partial charge is 0.240 e. The van der Waals surface area contributed by atoms with Gasteiger partial charge < -0.3 is 0 Å². The zero-order valence-corrected chi connectivity index (χ0v) is 20.6. The number of benzene rings is 3. The molecule has 1 aliphatic heterocycles. The zero-order chi connectivity index (χ0) is 23.1. The van der Waals surface area contributed by atoms with Crippen LogP contribution in [0.15, 0.2) is 82.4 Å². The van der Waals surface area contributed by atoms with E-state index in [-0.39, 0.29) is 11.9 Å². The van der Waals surface area contributed by atoms with Crippen LogP contribution < -0.4 is 0 Å². The molecule has 6 heteroatoms. The summed E-state index contributed by atoms with van der Waals surface area (Å²) in [7, 11) is 0. The van der Waals surface area contributed by atoms with Crippen LogP contribution in [0.2, 0.25) is 5.02 Å². The molecule has 0 aliphatic carbocycles. The monoisotopic (exact) mass is 517 g/mol. The maximum atomic E-state index is 12.5. The maximum absolute atomic E-state index is 12.5. The standard InChI is InChI=1S/C27H21BrClN3O/c1-16-26(24-15-25(32(31-24)17(2)33)18-8-10-20(28)11-9-18)27(19-6-4-3-5-7-19)22-14-21(29)12-13-23(22)30-16/h3-14,25H,15H2,1-2H3. The summed E-state index contributed by atoms with van der Waals surface area (Å²) in [4.78, 5) is 17.4. The van der Waals surface area contributed by atoms with Gasteiger partial charge in [-0.25, -0.2) is 5.01 Å². The first kappa shape index (κ1) is 21.8. The first-order chi connectivity index (χ1) is 15.9. The van der Waals surface area contributed by atoms with Gasteiger partial charge in [0.1, 0.15) is 0 Å². The zero-order valence-electron chi connectivity index (χ0n) is 18.2. The lowest BCUT2D eigenvalue weighted by Gasteiger charge is -2.20. The molecule has 4 aromatic rings. The third-order valence-corrected chi connectivity index (χ3v) is 6.73. The molecule has 0 N–H and O–H groups in total. The molecule has 0 bridgehead atoms. The van der Waals surface area contributed by atoms with Crippen molar-refractivity contribution < 1.29 is 4.79 Å². The van der Waals surface area contributed by atoms with Gasteiger partial charge >= 0.3 is 0 Å². The topological polar surface area (TPSA) is 45.6 Å². The van der Waals surface area contributed by atoms with Gasteiger partial charge in [-0.2, -0.15) is 5.10 Å². The Labute approximate surface area is 206 Å². The summed E-state index contributed by atoms with van der Waals surface area (Å²) < 4.78 is 0.998. The van der Waals surface area contributed by atoms with Gasteiger partial charge in [0, 0.05) is 45.0 Å². The molecule has 0 fully saturated rings. The van der Waals surface area contributed by atoms with Gasteiger partial charge in [-0.15, -0.1) is 0 Å². The van der Waals surface area contributed by atoms with Crippen LogP contribution in [0.25, 0.3) is 22.0 Å². The first-order valence-corrected chi connectivity index (χ1v) is 11.9. The molecular weight excluding hydrogens is 498 g/mol. The van der Waals surface area contributed by atoms with Crippen LogP contribution in [0.4, 0.5) is 0 Å². The molecule has 0 spiro atoms. The molecule has 1 unspecified atom stereocenters. The number of hydrazone groups is 1. The minimum absolute atomic E-state index is 0.0892. The Hall–Kier alpha value is -3.02. The number of pyridine rings is 1. The number of hydrogen-bond acceptors (Lipinski definition) is 3. The molecule has 1 aromatic heterocycles. The summed E-state index contributed by atoms with van der Waals surface area (Å²) in [5.41, 5.74) is 6.72. The number of amides is 1. The Bertz CT molecular complexity index is 1400. The molecule has 5 rings (SSSR count). The van der Waals surface area contributed by atoms with Crippen molar-refractivity contribution in [3.05, 3.63) is 99.1 Å². The lowest BCUT2D eigenvalue weighted by Crippen LogP contribution is -2.24. The van der Waals surface area contributed by atoms with Gasteiger partial charge in [-0.1, -0.05) is 70.0 Å². The van der Waals surface area contributed by atoms with E-state index in [1.807, 2.05) is 67.6 Å². The van der Waals surface area contributed by atoms with Crippen LogP contribution in [0.3, 0.4) is 0 Å². The summed E-state index contributed by atoms with van der Waals surface area (Å²) in [5.74, 6) is -0.0892. The molecule has 1 amide bonds. The molecule has 0 saturated carbocycles. The van der Waals surface area contributed by atoms with Crippen LogP contribution in [0.5, 0.6) is 0 Å². The van der Waals surface area contributed by atoms with Gasteiger partial charge in [0.15, 0.2) is 0 Å². The van der Waals surface area contributed by atoms with Gasteiger partial charge in [0.2, 0.25) is 5.91 Å². The van der Waals surface area contributed by atoms with Crippen molar-refractivity contribution in [1.82, 2.24) is 9.99 Å². The van der Waals surface area contributed by atoms with E-state index in [1.54, 1.807) is 11.9 Å². The molecule has 2 heterocycles. The summed E-state index contributed by atoms with van der Waals surface area (Å²) in [6, 6.07) is 23.9. The number of hydrogen-bond donors (Lipinski definition) is 0. The van der Waals surface area contributed by atoms with E-state index in [0.29, 0.717) is 11.4 Å². The number of carbonyl (C=O) groups excluding carboxylic acids is 1. The summed E-state index contributed by atoms with van der Waals surface area (Å²) in [5, 5.41) is 8.05. The molecule has 0 saturated heterocycles. The third kappa shape index (κ3) is 4.07. The predicted molar refractivity (Wildman–Crippen MR) is 137 cm³/mol. The highest BCUT2D eigenvalue weighted by atomic mass is 79.9. The van der Waals surface area contributed by atoms with Crippen LogP contribution >= 0.6 is 27.5 Å². The Kier molecular flexibility index (Phi) is 5.77. The lowest BCUT2D eigenvalue weighted by atomic mass is 9.89. The van der Waals surface area contributed by atoms with Gasteiger partial charge in [0.05, 0.1) is 17.3 Å². The van der Waals surface area contributed by atoms with Crippen molar-refractivity contribution >= 4 is 50.1 Å². The van der Waals surface area contributed by atoms with Crippen LogP contribution in [0, 0.1) is 6.92 Å². The number of aromatic nitrogens is 1. The summed E-state index contributed by atoms with van der Waals surface area (Å²) in [6.45, 7) is 3.56. The normalized spacial score (nSPS) is 15.7. The average molecular weight is 519 g/mol. The minimum Gasteiger partial charge on any atom is -0.273 e. The summed E-state index contributed by atoms with van der Waals surface area (Å²) in [6.07, 6.45) is 0.607. The lowest BCUT2D eigenvalue weighted by molar-refractivity contribution is -0.130. The van der Waals surface area contributed by atoms with Crippen LogP contribution in [-0.2, 0) is 4.79 Å². The van der Waals surface area contributed by atoms with Gasteiger partial charge in [-0.3, -0.25) is 9.78 Å². The quantitative estimate of drug-likeness (QED) is 0.285. The molecule has 164 valence electrons. The van der Waals surface area contributed by atoms with E-state index in [4.69, 9.17) is 21.7 Å². The van der Waals surface area contributed by atoms with E-state index in [0.717, 1.165) is 49.0 Å². The highest BCUT2D eigenvalue weighted by Gasteiger charge is 2.33. The van der Waals surface area contributed by atoms with E-state index in [2.05, 4.69) is 28.1 Å². The highest BCUT2D eigenvalue weighted by molar-refractivity contribution is 9.10. The Morgan fingerprint density at radius 3 is 2.45 bits per heavy atom. The second-order valence-corrected chi connectivity index (χ2v) is 9.51. The SMILES string of the molecule is CC(=O)N1N=C(c2c(C)nc3ccc(Cl)cc3c2-c2ccccc2)CC1c1ccc(Br)cc1. The molecule has 33 heavy (non-hydrogen) atoms. The van der Waals surface area contributed by atoms with Crippen LogP contribution in [0.1, 0.15) is 36.2 Å². The first-order valence-electron chi connectivity index (χ1n) is 10.7. The number of rotatable bonds is 3. The van der Waals surface area contributed by atoms with Crippen molar-refractivity contribution in [2.45, 2.75) is 26.3 Å². The van der Waals surface area contributed by atoms with E-state index >= 15 is 0 Å². The molecule has 0 radical (unpaired) electrons. The largest absolute Gasteiger partial charge is 0.273 e. The van der Waals surface area contributed by atoms with E-state index < -0.39 is 0 Å². The molecular formula is C27H21BrClN3O. The average Bonchev–Trinajstić information content (AvgIpc) is 3.25. The van der Waals surface area contributed by atoms with Crippen molar-refractivity contribution in [1.29, 1.82) is 0 Å². The fourth-order valence-electron chi connectivity index (χ4n) is 4.51. The molecule has 3 aromatic carbocycles. The van der Waals surface area contributed by atoms with Crippen LogP contribution in [-0.4, -0.2) is 21.6 Å². The number of nitrogens with zero attached hydrogens (tertiary/aromatic N) is 3. The number of carbonyl (C=O) groups is 1. The third-order valence-electron chi connectivity index (χ3n) is 5.97. The Morgan fingerprint density at radius 1 is 1.03 bits per heavy atom. The van der Waals surface area contributed by atoms with Crippen molar-refractivity contribution in [2.24, 2.45) is 5.10 Å². The van der Waals surface area contributed by atoms with Gasteiger partial charge in [-0.05, 0) is 48.4 Å². The fraction of sp³-hybridized carbons (Fsp3) is 0.148. The second-order valence-electron chi connectivity index (χ2n) is 8.16. The van der Waals surface area contributed by atoms with E-state index in [1.165, 1.54) is 0 Å². The van der Waals surface area contributed by atoms with Gasteiger partial charge in [0.25, 0.3) is 0 Å². The molecule has 1 atom stereocenters. The van der Waals surface area contributed by atoms with E-state index in [9.17, 15) is 4.79 Å². The predicted octanol–water partition coefficient (Wildman–Crippen LogP) is 7.32. The number of aryl methyl sites for hydroxylation is 1. The van der Waals surface area contributed by atoms with Crippen molar-refractivity contribution in [2.75, 3.05) is 0 Å². The number of halogens is 2. The Balaban J connectivity index is 1.73. The highest BCUT2D eigenvalue weighted by Crippen LogP contribution is 2.40. The maximum Gasteiger partial charge on any atom is 0.240 e. The van der Waals surface area contributed by atoms with Crippen molar-refractivity contribution in [3.63, 3.8) is 0 Å². The number of fused-ring (bicyclic) bond motifs is 1. The Morgan fingerprint density at radius 2 is 1.76 bits per heavy atom. The fourth-order valence-corrected chi connectivity index (χ4v) is 4.95. The summed E-state index contributed by atoms with van der Waals surface area (Å²) >= 11 is 9.89. The molecule has 1 aliphatic rings. The van der Waals surface area contributed by atoms with Crippen molar-refractivity contribution in [3.8, 4) is 11.1 Å². The molecule has 4 nitrogen and oxygen atoms in total.